The molecule has 1 aromatic heterocycles. The molecule has 2 aromatic rings. The molecule has 0 unspecified atom stereocenters. The first-order valence-electron chi connectivity index (χ1n) is 9.46. The lowest BCUT2D eigenvalue weighted by Crippen LogP contribution is -2.46. The number of rotatable bonds is 4. The molecule has 0 radical (unpaired) electrons. The van der Waals surface area contributed by atoms with E-state index in [1.54, 1.807) is 17.7 Å². The van der Waals surface area contributed by atoms with Crippen LogP contribution in [0.2, 0.25) is 0 Å². The SMILES string of the molecule is Cn1c(CN2CCN(Cc3ccc4c(c3)CCO4)CC2)cc(=O)n(C)c1=O. The summed E-state index contributed by atoms with van der Waals surface area (Å²) in [7, 11) is 3.24. The molecule has 144 valence electrons. The molecule has 7 nitrogen and oxygen atoms in total. The average molecular weight is 370 g/mol. The lowest BCUT2D eigenvalue weighted by Gasteiger charge is -2.35. The van der Waals surface area contributed by atoms with Crippen LogP contribution in [0.5, 0.6) is 5.75 Å². The molecule has 1 aromatic carbocycles. The fourth-order valence-electron chi connectivity index (χ4n) is 3.86. The summed E-state index contributed by atoms with van der Waals surface area (Å²) in [5, 5.41) is 0. The second-order valence-electron chi connectivity index (χ2n) is 7.47. The average Bonchev–Trinajstić information content (AvgIpc) is 3.14. The number of hydrogen-bond donors (Lipinski definition) is 0. The highest BCUT2D eigenvalue weighted by molar-refractivity contribution is 5.39. The Labute approximate surface area is 158 Å². The van der Waals surface area contributed by atoms with Crippen LogP contribution in [-0.2, 0) is 33.6 Å². The maximum atomic E-state index is 12.1. The number of ether oxygens (including phenoxy) is 1. The van der Waals surface area contributed by atoms with Crippen LogP contribution in [0.3, 0.4) is 0 Å². The predicted molar refractivity (Wildman–Crippen MR) is 103 cm³/mol. The number of hydrogen-bond acceptors (Lipinski definition) is 5. The minimum atomic E-state index is -0.267. The number of piperazine rings is 1. The molecule has 1 saturated heterocycles. The topological polar surface area (TPSA) is 59.7 Å². The zero-order valence-electron chi connectivity index (χ0n) is 16.0. The van der Waals surface area contributed by atoms with Gasteiger partial charge in [-0.1, -0.05) is 12.1 Å². The Morgan fingerprint density at radius 1 is 0.926 bits per heavy atom. The lowest BCUT2D eigenvalue weighted by atomic mass is 10.1. The van der Waals surface area contributed by atoms with Gasteiger partial charge in [0.05, 0.1) is 6.61 Å². The highest BCUT2D eigenvalue weighted by atomic mass is 16.5. The third-order valence-corrected chi connectivity index (χ3v) is 5.64. The molecule has 2 aliphatic rings. The van der Waals surface area contributed by atoms with Crippen LogP contribution < -0.4 is 16.0 Å². The largest absolute Gasteiger partial charge is 0.493 e. The Morgan fingerprint density at radius 2 is 1.63 bits per heavy atom. The predicted octanol–water partition coefficient (Wildman–Crippen LogP) is 0.337. The van der Waals surface area contributed by atoms with Crippen molar-refractivity contribution >= 4 is 0 Å². The quantitative estimate of drug-likeness (QED) is 0.777. The molecular formula is C20H26N4O3. The summed E-state index contributed by atoms with van der Waals surface area (Å²) >= 11 is 0. The van der Waals surface area contributed by atoms with Crippen LogP contribution in [0.4, 0.5) is 0 Å². The van der Waals surface area contributed by atoms with Crippen LogP contribution in [-0.4, -0.2) is 51.7 Å². The van der Waals surface area contributed by atoms with Crippen LogP contribution in [0, 0.1) is 0 Å². The first kappa shape index (κ1) is 18.0. The summed E-state index contributed by atoms with van der Waals surface area (Å²) in [6.45, 7) is 6.19. The molecule has 7 heteroatoms. The second-order valence-corrected chi connectivity index (χ2v) is 7.47. The van der Waals surface area contributed by atoms with Gasteiger partial charge in [-0.2, -0.15) is 0 Å². The van der Waals surface area contributed by atoms with E-state index in [9.17, 15) is 9.59 Å². The van der Waals surface area contributed by atoms with Gasteiger partial charge in [0, 0.05) is 71.5 Å². The normalized spacial score (nSPS) is 17.7. The third-order valence-electron chi connectivity index (χ3n) is 5.64. The van der Waals surface area contributed by atoms with Gasteiger partial charge in [-0.3, -0.25) is 23.7 Å². The molecule has 0 aliphatic carbocycles. The summed E-state index contributed by atoms with van der Waals surface area (Å²) in [6, 6.07) is 8.08. The zero-order chi connectivity index (χ0) is 19.0. The molecule has 27 heavy (non-hydrogen) atoms. The maximum Gasteiger partial charge on any atom is 0.330 e. The second kappa shape index (κ2) is 7.32. The molecule has 3 heterocycles. The molecule has 0 spiro atoms. The molecule has 0 saturated carbocycles. The van der Waals surface area contributed by atoms with Crippen LogP contribution in [0.15, 0.2) is 33.9 Å². The summed E-state index contributed by atoms with van der Waals surface area (Å²) in [5.41, 5.74) is 2.92. The van der Waals surface area contributed by atoms with E-state index in [2.05, 4.69) is 28.0 Å². The van der Waals surface area contributed by atoms with Gasteiger partial charge in [-0.25, -0.2) is 4.79 Å². The first-order valence-corrected chi connectivity index (χ1v) is 9.46. The van der Waals surface area contributed by atoms with Gasteiger partial charge < -0.3 is 4.74 Å². The third kappa shape index (κ3) is 3.70. The molecule has 2 aliphatic heterocycles. The van der Waals surface area contributed by atoms with Crippen LogP contribution in [0.25, 0.3) is 0 Å². The Bertz CT molecular complexity index is 955. The minimum absolute atomic E-state index is 0.243. The fourth-order valence-corrected chi connectivity index (χ4v) is 3.86. The van der Waals surface area contributed by atoms with E-state index in [-0.39, 0.29) is 11.2 Å². The highest BCUT2D eigenvalue weighted by Crippen LogP contribution is 2.26. The van der Waals surface area contributed by atoms with Crippen molar-refractivity contribution in [3.8, 4) is 5.75 Å². The fraction of sp³-hybridized carbons (Fsp3) is 0.500. The Kier molecular flexibility index (Phi) is 4.88. The minimum Gasteiger partial charge on any atom is -0.493 e. The van der Waals surface area contributed by atoms with Gasteiger partial charge in [0.1, 0.15) is 5.75 Å². The van der Waals surface area contributed by atoms with E-state index in [0.29, 0.717) is 6.54 Å². The van der Waals surface area contributed by atoms with E-state index in [0.717, 1.165) is 61.8 Å². The number of aromatic nitrogens is 2. The zero-order valence-corrected chi connectivity index (χ0v) is 16.0. The van der Waals surface area contributed by atoms with Crippen LogP contribution in [0.1, 0.15) is 16.8 Å². The van der Waals surface area contributed by atoms with Crippen molar-refractivity contribution < 1.29 is 4.74 Å². The van der Waals surface area contributed by atoms with Crippen molar-refractivity contribution in [3.05, 3.63) is 61.9 Å². The Balaban J connectivity index is 1.36. The van der Waals surface area contributed by atoms with Crippen molar-refractivity contribution in [2.45, 2.75) is 19.5 Å². The van der Waals surface area contributed by atoms with E-state index in [1.807, 2.05) is 0 Å². The van der Waals surface area contributed by atoms with E-state index < -0.39 is 0 Å². The Morgan fingerprint density at radius 3 is 2.37 bits per heavy atom. The maximum absolute atomic E-state index is 12.1. The van der Waals surface area contributed by atoms with Crippen molar-refractivity contribution in [1.29, 1.82) is 0 Å². The van der Waals surface area contributed by atoms with Crippen molar-refractivity contribution in [2.75, 3.05) is 32.8 Å². The number of benzene rings is 1. The van der Waals surface area contributed by atoms with Crippen molar-refractivity contribution in [2.24, 2.45) is 14.1 Å². The van der Waals surface area contributed by atoms with Gasteiger partial charge in [0.15, 0.2) is 0 Å². The van der Waals surface area contributed by atoms with E-state index >= 15 is 0 Å². The molecule has 4 rings (SSSR count). The van der Waals surface area contributed by atoms with Gasteiger partial charge in [0.25, 0.3) is 5.56 Å². The lowest BCUT2D eigenvalue weighted by molar-refractivity contribution is 0.120. The molecule has 0 atom stereocenters. The van der Waals surface area contributed by atoms with Crippen molar-refractivity contribution in [3.63, 3.8) is 0 Å². The highest BCUT2D eigenvalue weighted by Gasteiger charge is 2.19. The smallest absolute Gasteiger partial charge is 0.330 e. The van der Waals surface area contributed by atoms with Gasteiger partial charge in [-0.05, 0) is 17.2 Å². The van der Waals surface area contributed by atoms with Gasteiger partial charge in [-0.15, -0.1) is 0 Å². The molecule has 1 fully saturated rings. The summed E-state index contributed by atoms with van der Waals surface area (Å²) in [5.74, 6) is 1.03. The summed E-state index contributed by atoms with van der Waals surface area (Å²) in [4.78, 5) is 28.7. The Hall–Kier alpha value is -2.38. The molecular weight excluding hydrogens is 344 g/mol. The van der Waals surface area contributed by atoms with Gasteiger partial charge >= 0.3 is 5.69 Å². The van der Waals surface area contributed by atoms with Crippen molar-refractivity contribution in [1.82, 2.24) is 18.9 Å². The first-order chi connectivity index (χ1) is 13.0. The summed E-state index contributed by atoms with van der Waals surface area (Å²) < 4.78 is 8.29. The number of fused-ring (bicyclic) bond motifs is 1. The molecule has 0 N–H and O–H groups in total. The van der Waals surface area contributed by atoms with E-state index in [4.69, 9.17) is 4.74 Å². The van der Waals surface area contributed by atoms with Gasteiger partial charge in [0.2, 0.25) is 0 Å². The number of nitrogens with zero attached hydrogens (tertiary/aromatic N) is 4. The molecule has 0 bridgehead atoms. The summed E-state index contributed by atoms with van der Waals surface area (Å²) in [6.07, 6.45) is 1.01. The monoisotopic (exact) mass is 370 g/mol. The molecule has 0 amide bonds. The van der Waals surface area contributed by atoms with E-state index in [1.165, 1.54) is 18.2 Å². The standard InChI is InChI=1S/C20H26N4O3/c1-21-17(12-19(25)22(2)20(21)26)14-24-8-6-23(7-9-24)13-15-3-4-18-16(11-15)5-10-27-18/h3-4,11-12H,5-10,13-14H2,1-2H3. The van der Waals surface area contributed by atoms with Crippen LogP contribution >= 0.6 is 0 Å².